The third-order valence-electron chi connectivity index (χ3n) is 2.18. The Hall–Kier alpha value is -2.11. The molecular formula is C11H8F3N3. The molecule has 0 saturated carbocycles. The molecule has 0 spiro atoms. The number of benzene rings is 1. The molecule has 17 heavy (non-hydrogen) atoms. The van der Waals surface area contributed by atoms with E-state index in [0.29, 0.717) is 16.8 Å². The molecule has 1 heterocycles. The van der Waals surface area contributed by atoms with Crippen LogP contribution in [0.5, 0.6) is 0 Å². The quantitative estimate of drug-likeness (QED) is 0.778. The predicted octanol–water partition coefficient (Wildman–Crippen LogP) is 2.74. The van der Waals surface area contributed by atoms with Gasteiger partial charge in [0.15, 0.2) is 0 Å². The van der Waals surface area contributed by atoms with Gasteiger partial charge in [0.2, 0.25) is 5.82 Å². The average molecular weight is 239 g/mol. The number of alkyl halides is 3. The monoisotopic (exact) mass is 239 g/mol. The molecule has 0 bridgehead atoms. The number of anilines is 1. The van der Waals surface area contributed by atoms with Gasteiger partial charge < -0.3 is 5.73 Å². The van der Waals surface area contributed by atoms with Crippen LogP contribution >= 0.6 is 0 Å². The lowest BCUT2D eigenvalue weighted by Gasteiger charge is -2.07. The van der Waals surface area contributed by atoms with Gasteiger partial charge in [-0.2, -0.15) is 13.2 Å². The summed E-state index contributed by atoms with van der Waals surface area (Å²) >= 11 is 0. The second kappa shape index (κ2) is 4.04. The summed E-state index contributed by atoms with van der Waals surface area (Å²) in [5.41, 5.74) is 7.23. The van der Waals surface area contributed by atoms with E-state index in [0.717, 1.165) is 12.4 Å². The van der Waals surface area contributed by atoms with Crippen LogP contribution in [0.3, 0.4) is 0 Å². The molecule has 2 N–H and O–H groups in total. The fourth-order valence-electron chi connectivity index (χ4n) is 1.37. The van der Waals surface area contributed by atoms with Crippen LogP contribution in [0.2, 0.25) is 0 Å². The molecule has 2 rings (SSSR count). The van der Waals surface area contributed by atoms with Crippen molar-refractivity contribution in [2.45, 2.75) is 6.18 Å². The fourth-order valence-corrected chi connectivity index (χ4v) is 1.37. The summed E-state index contributed by atoms with van der Waals surface area (Å²) in [5, 5.41) is 0. The van der Waals surface area contributed by atoms with E-state index in [9.17, 15) is 13.2 Å². The van der Waals surface area contributed by atoms with Crippen molar-refractivity contribution in [3.63, 3.8) is 0 Å². The normalized spacial score (nSPS) is 11.5. The van der Waals surface area contributed by atoms with Crippen molar-refractivity contribution < 1.29 is 13.2 Å². The van der Waals surface area contributed by atoms with Gasteiger partial charge in [-0.1, -0.05) is 18.2 Å². The van der Waals surface area contributed by atoms with Crippen LogP contribution < -0.4 is 5.73 Å². The molecule has 1 aromatic carbocycles. The number of nitrogen functional groups attached to an aromatic ring is 1. The van der Waals surface area contributed by atoms with Gasteiger partial charge in [-0.15, -0.1) is 0 Å². The molecule has 0 aliphatic carbocycles. The Balaban J connectivity index is 2.40. The summed E-state index contributed by atoms with van der Waals surface area (Å²) in [6.45, 7) is 0. The van der Waals surface area contributed by atoms with Gasteiger partial charge in [-0.3, -0.25) is 0 Å². The molecule has 0 unspecified atom stereocenters. The maximum Gasteiger partial charge on any atom is 0.451 e. The first-order valence-corrected chi connectivity index (χ1v) is 4.72. The molecular weight excluding hydrogens is 231 g/mol. The lowest BCUT2D eigenvalue weighted by molar-refractivity contribution is -0.144. The summed E-state index contributed by atoms with van der Waals surface area (Å²) < 4.78 is 36.8. The Bertz CT molecular complexity index is 520. The summed E-state index contributed by atoms with van der Waals surface area (Å²) in [6, 6.07) is 6.83. The molecule has 88 valence electrons. The zero-order chi connectivity index (χ0) is 12.5. The van der Waals surface area contributed by atoms with Gasteiger partial charge in [0, 0.05) is 29.2 Å². The molecule has 0 saturated heterocycles. The van der Waals surface area contributed by atoms with E-state index in [1.54, 1.807) is 24.3 Å². The number of para-hydroxylation sites is 1. The zero-order valence-corrected chi connectivity index (χ0v) is 8.57. The zero-order valence-electron chi connectivity index (χ0n) is 8.57. The molecule has 0 aliphatic rings. The molecule has 6 heteroatoms. The number of aromatic nitrogens is 2. The van der Waals surface area contributed by atoms with Crippen molar-refractivity contribution in [3.05, 3.63) is 42.5 Å². The Kier molecular flexibility index (Phi) is 2.71. The lowest BCUT2D eigenvalue weighted by Crippen LogP contribution is -2.10. The largest absolute Gasteiger partial charge is 0.451 e. The van der Waals surface area contributed by atoms with Crippen LogP contribution in [0.15, 0.2) is 36.7 Å². The van der Waals surface area contributed by atoms with Crippen LogP contribution in [0.1, 0.15) is 5.82 Å². The van der Waals surface area contributed by atoms with Crippen molar-refractivity contribution in [2.24, 2.45) is 0 Å². The molecule has 0 amide bonds. The Morgan fingerprint density at radius 1 is 1.00 bits per heavy atom. The van der Waals surface area contributed by atoms with Gasteiger partial charge in [-0.25, -0.2) is 9.97 Å². The molecule has 0 fully saturated rings. The predicted molar refractivity (Wildman–Crippen MR) is 56.9 cm³/mol. The van der Waals surface area contributed by atoms with E-state index in [2.05, 4.69) is 9.97 Å². The van der Waals surface area contributed by atoms with Gasteiger partial charge >= 0.3 is 6.18 Å². The molecule has 0 atom stereocenters. The smallest absolute Gasteiger partial charge is 0.398 e. The standard InChI is InChI=1S/C11H8F3N3/c12-11(13,14)10-16-5-7(6-17-10)8-3-1-2-4-9(8)15/h1-6H,15H2. The Morgan fingerprint density at radius 2 is 1.59 bits per heavy atom. The summed E-state index contributed by atoms with van der Waals surface area (Å²) in [7, 11) is 0. The number of rotatable bonds is 1. The van der Waals surface area contributed by atoms with Crippen LogP contribution in [0.4, 0.5) is 18.9 Å². The van der Waals surface area contributed by atoms with E-state index in [1.807, 2.05) is 0 Å². The minimum atomic E-state index is -4.53. The maximum atomic E-state index is 12.3. The van der Waals surface area contributed by atoms with Gasteiger partial charge in [0.1, 0.15) is 0 Å². The highest BCUT2D eigenvalue weighted by molar-refractivity contribution is 5.74. The van der Waals surface area contributed by atoms with Crippen LogP contribution in [-0.4, -0.2) is 9.97 Å². The van der Waals surface area contributed by atoms with E-state index < -0.39 is 12.0 Å². The Morgan fingerprint density at radius 3 is 2.12 bits per heavy atom. The first kappa shape index (κ1) is 11.4. The summed E-state index contributed by atoms with van der Waals surface area (Å²) in [6.07, 6.45) is -2.30. The molecule has 0 aliphatic heterocycles. The third-order valence-corrected chi connectivity index (χ3v) is 2.18. The highest BCUT2D eigenvalue weighted by atomic mass is 19.4. The van der Waals surface area contributed by atoms with Crippen molar-refractivity contribution in [2.75, 3.05) is 5.73 Å². The van der Waals surface area contributed by atoms with Crippen molar-refractivity contribution >= 4 is 5.69 Å². The van der Waals surface area contributed by atoms with Crippen LogP contribution in [-0.2, 0) is 6.18 Å². The fraction of sp³-hybridized carbons (Fsp3) is 0.0909. The van der Waals surface area contributed by atoms with Gasteiger partial charge in [0.25, 0.3) is 0 Å². The third kappa shape index (κ3) is 2.35. The molecule has 0 radical (unpaired) electrons. The van der Waals surface area contributed by atoms with Crippen molar-refractivity contribution in [1.29, 1.82) is 0 Å². The van der Waals surface area contributed by atoms with E-state index >= 15 is 0 Å². The van der Waals surface area contributed by atoms with Gasteiger partial charge in [-0.05, 0) is 6.07 Å². The second-order valence-electron chi connectivity index (χ2n) is 3.38. The minimum Gasteiger partial charge on any atom is -0.398 e. The van der Waals surface area contributed by atoms with E-state index in [1.165, 1.54) is 0 Å². The van der Waals surface area contributed by atoms with E-state index in [4.69, 9.17) is 5.73 Å². The number of nitrogens with two attached hydrogens (primary N) is 1. The Labute approximate surface area is 95.1 Å². The molecule has 1 aromatic heterocycles. The topological polar surface area (TPSA) is 51.8 Å². The number of nitrogens with zero attached hydrogens (tertiary/aromatic N) is 2. The second-order valence-corrected chi connectivity index (χ2v) is 3.38. The van der Waals surface area contributed by atoms with Crippen LogP contribution in [0, 0.1) is 0 Å². The first-order valence-electron chi connectivity index (χ1n) is 4.72. The van der Waals surface area contributed by atoms with Crippen molar-refractivity contribution in [3.8, 4) is 11.1 Å². The van der Waals surface area contributed by atoms with Gasteiger partial charge in [0.05, 0.1) is 0 Å². The maximum absolute atomic E-state index is 12.3. The molecule has 3 nitrogen and oxygen atoms in total. The number of hydrogen-bond acceptors (Lipinski definition) is 3. The SMILES string of the molecule is Nc1ccccc1-c1cnc(C(F)(F)F)nc1. The minimum absolute atomic E-state index is 0.455. The average Bonchev–Trinajstić information content (AvgIpc) is 2.29. The highest BCUT2D eigenvalue weighted by Crippen LogP contribution is 2.28. The highest BCUT2D eigenvalue weighted by Gasteiger charge is 2.34. The summed E-state index contributed by atoms with van der Waals surface area (Å²) in [5.74, 6) is -1.16. The van der Waals surface area contributed by atoms with Crippen molar-refractivity contribution in [1.82, 2.24) is 9.97 Å². The van der Waals surface area contributed by atoms with E-state index in [-0.39, 0.29) is 0 Å². The number of hydrogen-bond donors (Lipinski definition) is 1. The first-order chi connectivity index (χ1) is 7.98. The lowest BCUT2D eigenvalue weighted by atomic mass is 10.1. The van der Waals surface area contributed by atoms with Crippen LogP contribution in [0.25, 0.3) is 11.1 Å². The summed E-state index contributed by atoms with van der Waals surface area (Å²) in [4.78, 5) is 6.55. The molecule has 2 aromatic rings. The number of halogens is 3.